The highest BCUT2D eigenvalue weighted by molar-refractivity contribution is 6.31. The summed E-state index contributed by atoms with van der Waals surface area (Å²) >= 11 is 6.13. The van der Waals surface area contributed by atoms with Gasteiger partial charge < -0.3 is 15.2 Å². The van der Waals surface area contributed by atoms with Crippen molar-refractivity contribution in [1.29, 1.82) is 0 Å². The first kappa shape index (κ1) is 28.2. The number of nitrogens with one attached hydrogen (secondary N) is 1. The lowest BCUT2D eigenvalue weighted by Gasteiger charge is -2.20. The molecule has 2 N–H and O–H groups in total. The molecular weight excluding hydrogens is 541 g/mol. The molecule has 0 bridgehead atoms. The number of benzene rings is 3. The van der Waals surface area contributed by atoms with Crippen LogP contribution in [0.4, 0.5) is 10.1 Å². The average Bonchev–Trinajstić information content (AvgIpc) is 2.96. The zero-order valence-electron chi connectivity index (χ0n) is 21.1. The van der Waals surface area contributed by atoms with E-state index in [0.717, 1.165) is 16.3 Å². The van der Waals surface area contributed by atoms with Crippen molar-refractivity contribution < 1.29 is 28.6 Å². The second-order valence-corrected chi connectivity index (χ2v) is 9.11. The van der Waals surface area contributed by atoms with Crippen LogP contribution in [0.25, 0.3) is 11.1 Å². The molecule has 1 aromatic heterocycles. The first-order chi connectivity index (χ1) is 19.2. The van der Waals surface area contributed by atoms with Crippen molar-refractivity contribution in [2.24, 2.45) is 0 Å². The summed E-state index contributed by atoms with van der Waals surface area (Å²) in [7, 11) is 1.30. The number of hydrogen-bond acceptors (Lipinski definition) is 6. The molecule has 0 saturated heterocycles. The normalized spacial score (nSPS) is 11.5. The molecule has 0 aliphatic heterocycles. The number of carboxylic acids is 1. The number of aromatic carboxylic acids is 1. The summed E-state index contributed by atoms with van der Waals surface area (Å²) in [5.41, 5.74) is 0.671. The molecule has 0 aliphatic carbocycles. The molecule has 0 spiro atoms. The molecule has 4 aromatic rings. The Morgan fingerprint density at radius 1 is 1.02 bits per heavy atom. The van der Waals surface area contributed by atoms with Crippen LogP contribution in [0, 0.1) is 0 Å². The van der Waals surface area contributed by atoms with Gasteiger partial charge in [0.25, 0.3) is 5.56 Å². The monoisotopic (exact) mass is 563 g/mol. The summed E-state index contributed by atoms with van der Waals surface area (Å²) in [5, 5.41) is 16.4. The van der Waals surface area contributed by atoms with Crippen LogP contribution < -0.4 is 15.6 Å². The Kier molecular flexibility index (Phi) is 8.70. The summed E-state index contributed by atoms with van der Waals surface area (Å²) in [6.07, 6.45) is 0.0814. The highest BCUT2D eigenvalue weighted by Gasteiger charge is 2.27. The number of alkyl halides is 1. The molecule has 40 heavy (non-hydrogen) atoms. The van der Waals surface area contributed by atoms with Crippen LogP contribution in [-0.4, -0.2) is 46.3 Å². The number of nitrogens with zero attached hydrogens (tertiary/aromatic N) is 2. The van der Waals surface area contributed by atoms with Gasteiger partial charge in [-0.25, -0.2) is 13.9 Å². The minimum absolute atomic E-state index is 0.00691. The molecule has 0 aliphatic rings. The number of hydrogen-bond donors (Lipinski definition) is 2. The molecule has 0 saturated carbocycles. The third-order valence-electron chi connectivity index (χ3n) is 6.08. The second-order valence-electron chi connectivity index (χ2n) is 8.67. The molecular formula is C29H23ClFN3O6. The number of carboxylic acid groups (broad SMARTS) is 1. The number of anilines is 1. The van der Waals surface area contributed by atoms with E-state index in [1.165, 1.54) is 49.6 Å². The topological polar surface area (TPSA) is 128 Å². The molecule has 9 nitrogen and oxygen atoms in total. The van der Waals surface area contributed by atoms with Crippen molar-refractivity contribution in [2.75, 3.05) is 19.1 Å². The minimum atomic E-state index is -1.26. The fraction of sp³-hybridized carbons (Fsp3) is 0.138. The van der Waals surface area contributed by atoms with Crippen LogP contribution >= 0.6 is 11.6 Å². The van der Waals surface area contributed by atoms with E-state index < -0.39 is 35.9 Å². The number of carbonyl (C=O) groups excluding carboxylic acids is 2. The van der Waals surface area contributed by atoms with Crippen molar-refractivity contribution in [3.63, 3.8) is 0 Å². The molecule has 0 unspecified atom stereocenters. The van der Waals surface area contributed by atoms with Crippen LogP contribution in [0.15, 0.2) is 83.7 Å². The number of rotatable bonds is 10. The minimum Gasteiger partial charge on any atom is -0.480 e. The Morgan fingerprint density at radius 3 is 2.35 bits per heavy atom. The first-order valence-electron chi connectivity index (χ1n) is 12.0. The zero-order chi connectivity index (χ0) is 28.8. The Bertz CT molecular complexity index is 1620. The molecule has 1 amide bonds. The SMILES string of the molecule is COc1nn([C@@H](Cc2ccccc2)C(=O)Nc2ccc(C(=O)O)cc2)c(=O)cc1-c1cc(Cl)ccc1C(=O)CF. The molecule has 204 valence electrons. The summed E-state index contributed by atoms with van der Waals surface area (Å²) in [6.45, 7) is -1.26. The molecule has 1 heterocycles. The van der Waals surface area contributed by atoms with Crippen LogP contribution in [-0.2, 0) is 11.2 Å². The van der Waals surface area contributed by atoms with Gasteiger partial charge in [-0.3, -0.25) is 14.4 Å². The van der Waals surface area contributed by atoms with Crippen LogP contribution in [0.1, 0.15) is 32.3 Å². The molecule has 0 fully saturated rings. The maximum absolute atomic E-state index is 13.5. The van der Waals surface area contributed by atoms with Crippen molar-refractivity contribution in [1.82, 2.24) is 9.78 Å². The summed E-state index contributed by atoms with van der Waals surface area (Å²) < 4.78 is 19.7. The Balaban J connectivity index is 1.79. The molecule has 1 atom stereocenters. The van der Waals surface area contributed by atoms with Crippen molar-refractivity contribution >= 4 is 34.9 Å². The number of ketones is 1. The number of carbonyl (C=O) groups is 3. The van der Waals surface area contributed by atoms with E-state index >= 15 is 0 Å². The lowest BCUT2D eigenvalue weighted by atomic mass is 9.98. The number of Topliss-reactive ketones (excluding diaryl/α,β-unsaturated/α-hetero) is 1. The fourth-order valence-electron chi connectivity index (χ4n) is 4.12. The van der Waals surface area contributed by atoms with E-state index in [1.807, 2.05) is 6.07 Å². The number of aromatic nitrogens is 2. The van der Waals surface area contributed by atoms with Gasteiger partial charge in [0.2, 0.25) is 11.8 Å². The Morgan fingerprint density at radius 2 is 1.73 bits per heavy atom. The summed E-state index contributed by atoms with van der Waals surface area (Å²) in [5.74, 6) is -2.61. The lowest BCUT2D eigenvalue weighted by molar-refractivity contribution is -0.119. The summed E-state index contributed by atoms with van der Waals surface area (Å²) in [4.78, 5) is 50.3. The van der Waals surface area contributed by atoms with E-state index in [-0.39, 0.29) is 39.6 Å². The van der Waals surface area contributed by atoms with Gasteiger partial charge in [-0.15, -0.1) is 5.10 Å². The van der Waals surface area contributed by atoms with E-state index in [4.69, 9.17) is 21.4 Å². The number of ether oxygens (including phenoxy) is 1. The quantitative estimate of drug-likeness (QED) is 0.264. The lowest BCUT2D eigenvalue weighted by Crippen LogP contribution is -2.36. The Labute approximate surface area is 232 Å². The van der Waals surface area contributed by atoms with Gasteiger partial charge in [0, 0.05) is 28.8 Å². The highest BCUT2D eigenvalue weighted by atomic mass is 35.5. The number of methoxy groups -OCH3 is 1. The van der Waals surface area contributed by atoms with E-state index in [1.54, 1.807) is 24.3 Å². The highest BCUT2D eigenvalue weighted by Crippen LogP contribution is 2.33. The van der Waals surface area contributed by atoms with E-state index in [0.29, 0.717) is 5.69 Å². The summed E-state index contributed by atoms with van der Waals surface area (Å²) in [6, 6.07) is 18.7. The largest absolute Gasteiger partial charge is 0.480 e. The standard InChI is InChI=1S/C29H23ClFN3O6/c1-40-28-23(22-14-19(30)9-12-21(22)25(35)16-31)15-26(36)34(33-28)24(13-17-5-3-2-4-6-17)27(37)32-20-10-7-18(8-11-20)29(38)39/h2-12,14-15,24H,13,16H2,1H3,(H,32,37)(H,38,39)/t24-/m0/s1. The van der Waals surface area contributed by atoms with Crippen molar-refractivity contribution in [3.8, 4) is 17.0 Å². The van der Waals surface area contributed by atoms with Gasteiger partial charge in [0.15, 0.2) is 12.5 Å². The van der Waals surface area contributed by atoms with E-state index in [2.05, 4.69) is 10.4 Å². The van der Waals surface area contributed by atoms with Gasteiger partial charge in [0.1, 0.15) is 6.04 Å². The maximum Gasteiger partial charge on any atom is 0.335 e. The third kappa shape index (κ3) is 6.24. The van der Waals surface area contributed by atoms with E-state index in [9.17, 15) is 23.6 Å². The first-order valence-corrected chi connectivity index (χ1v) is 12.3. The molecule has 3 aromatic carbocycles. The molecule has 11 heteroatoms. The van der Waals surface area contributed by atoms with Crippen molar-refractivity contribution in [3.05, 3.63) is 111 Å². The smallest absolute Gasteiger partial charge is 0.335 e. The fourth-order valence-corrected chi connectivity index (χ4v) is 4.30. The predicted molar refractivity (Wildman–Crippen MR) is 147 cm³/mol. The van der Waals surface area contributed by atoms with Gasteiger partial charge in [-0.2, -0.15) is 0 Å². The van der Waals surface area contributed by atoms with Crippen LogP contribution in [0.3, 0.4) is 0 Å². The van der Waals surface area contributed by atoms with Crippen LogP contribution in [0.2, 0.25) is 5.02 Å². The number of amides is 1. The second kappa shape index (κ2) is 12.4. The van der Waals surface area contributed by atoms with Gasteiger partial charge in [0.05, 0.1) is 18.2 Å². The maximum atomic E-state index is 13.5. The van der Waals surface area contributed by atoms with Crippen molar-refractivity contribution in [2.45, 2.75) is 12.5 Å². The molecule has 4 rings (SSSR count). The molecule has 0 radical (unpaired) electrons. The predicted octanol–water partition coefficient (Wildman–Crippen LogP) is 4.85. The number of halogens is 2. The van der Waals surface area contributed by atoms with Gasteiger partial charge in [-0.05, 0) is 53.6 Å². The van der Waals surface area contributed by atoms with Gasteiger partial charge in [-0.1, -0.05) is 41.9 Å². The average molecular weight is 564 g/mol. The van der Waals surface area contributed by atoms with Crippen LogP contribution in [0.5, 0.6) is 5.88 Å². The van der Waals surface area contributed by atoms with Gasteiger partial charge >= 0.3 is 5.97 Å². The third-order valence-corrected chi connectivity index (χ3v) is 6.31. The zero-order valence-corrected chi connectivity index (χ0v) is 21.9. The Hall–Kier alpha value is -4.83.